The molecule has 6 heteroatoms. The number of methoxy groups -OCH3 is 2. The average molecular weight is 423 g/mol. The Morgan fingerprint density at radius 1 is 1.10 bits per heavy atom. The van der Waals surface area contributed by atoms with E-state index < -0.39 is 0 Å². The van der Waals surface area contributed by atoms with E-state index in [1.807, 2.05) is 36.4 Å². The van der Waals surface area contributed by atoms with E-state index in [1.54, 1.807) is 21.3 Å². The van der Waals surface area contributed by atoms with Crippen molar-refractivity contribution in [1.29, 1.82) is 0 Å². The van der Waals surface area contributed by atoms with Crippen LogP contribution in [-0.4, -0.2) is 51.9 Å². The van der Waals surface area contributed by atoms with Crippen molar-refractivity contribution < 1.29 is 19.0 Å². The van der Waals surface area contributed by atoms with Crippen LogP contribution in [0.4, 0.5) is 10.5 Å². The summed E-state index contributed by atoms with van der Waals surface area (Å²) in [7, 11) is 7.20. The van der Waals surface area contributed by atoms with E-state index >= 15 is 0 Å². The first kappa shape index (κ1) is 21.2. The third kappa shape index (κ3) is 3.88. The van der Waals surface area contributed by atoms with Crippen LogP contribution in [-0.2, 0) is 10.2 Å². The van der Waals surface area contributed by atoms with Gasteiger partial charge in [-0.15, -0.1) is 0 Å². The van der Waals surface area contributed by atoms with Crippen LogP contribution in [0.5, 0.6) is 11.5 Å². The molecule has 0 aromatic heterocycles. The molecule has 1 amide bonds. The number of rotatable bonds is 5. The highest BCUT2D eigenvalue weighted by molar-refractivity contribution is 5.87. The van der Waals surface area contributed by atoms with Gasteiger partial charge in [0.25, 0.3) is 0 Å². The van der Waals surface area contributed by atoms with Gasteiger partial charge in [0.15, 0.2) is 11.5 Å². The summed E-state index contributed by atoms with van der Waals surface area (Å²) in [5.74, 6) is 2.21. The Kier molecular flexibility index (Phi) is 5.92. The molecule has 2 atom stereocenters. The summed E-state index contributed by atoms with van der Waals surface area (Å²) >= 11 is 0. The SMILES string of the molecule is COc1ccc(C23CC=C(OC(=O)N(C)c4ccccc4)CC2N(C)CC3)cc1OC. The summed E-state index contributed by atoms with van der Waals surface area (Å²) < 4.78 is 16.8. The van der Waals surface area contributed by atoms with Gasteiger partial charge in [-0.2, -0.15) is 0 Å². The van der Waals surface area contributed by atoms with E-state index in [0.29, 0.717) is 6.42 Å². The number of likely N-dealkylation sites (N-methyl/N-ethyl adjacent to an activating group) is 1. The fraction of sp³-hybridized carbons (Fsp3) is 0.400. The number of anilines is 1. The fourth-order valence-electron chi connectivity index (χ4n) is 4.90. The van der Waals surface area contributed by atoms with Crippen LogP contribution >= 0.6 is 0 Å². The van der Waals surface area contributed by atoms with Gasteiger partial charge >= 0.3 is 6.09 Å². The number of para-hydroxylation sites is 1. The molecule has 1 saturated heterocycles. The molecule has 31 heavy (non-hydrogen) atoms. The lowest BCUT2D eigenvalue weighted by atomic mass is 9.68. The zero-order chi connectivity index (χ0) is 22.0. The molecule has 164 valence electrons. The predicted molar refractivity (Wildman–Crippen MR) is 121 cm³/mol. The van der Waals surface area contributed by atoms with E-state index in [1.165, 1.54) is 10.5 Å². The first-order chi connectivity index (χ1) is 15.0. The normalized spacial score (nSPS) is 23.0. The highest BCUT2D eigenvalue weighted by Gasteiger charge is 2.49. The molecule has 1 heterocycles. The lowest BCUT2D eigenvalue weighted by molar-refractivity contribution is 0.157. The zero-order valence-electron chi connectivity index (χ0n) is 18.6. The second-order valence-corrected chi connectivity index (χ2v) is 8.31. The molecule has 2 aromatic carbocycles. The van der Waals surface area contributed by atoms with Gasteiger partial charge in [-0.05, 0) is 62.3 Å². The molecule has 0 radical (unpaired) electrons. The standard InChI is InChI=1S/C25H30N2O4/c1-26-15-14-25(18-10-11-21(29-3)22(16-18)30-4)13-12-20(17-23(25)26)31-24(28)27(2)19-8-6-5-7-9-19/h5-12,16,23H,13-15,17H2,1-4H3. The number of amides is 1. The highest BCUT2D eigenvalue weighted by atomic mass is 16.6. The second kappa shape index (κ2) is 8.63. The number of ether oxygens (including phenoxy) is 3. The smallest absolute Gasteiger partial charge is 0.419 e. The summed E-state index contributed by atoms with van der Waals surface area (Å²) in [6, 6.07) is 16.0. The maximum Gasteiger partial charge on any atom is 0.419 e. The number of carbonyl (C=O) groups excluding carboxylic acids is 1. The van der Waals surface area contributed by atoms with Gasteiger partial charge in [0, 0.05) is 30.6 Å². The van der Waals surface area contributed by atoms with Crippen molar-refractivity contribution in [3.05, 3.63) is 65.9 Å². The van der Waals surface area contributed by atoms with Crippen LogP contribution in [0.3, 0.4) is 0 Å². The van der Waals surface area contributed by atoms with E-state index in [9.17, 15) is 4.79 Å². The van der Waals surface area contributed by atoms with Gasteiger partial charge in [-0.3, -0.25) is 4.90 Å². The van der Waals surface area contributed by atoms with Crippen molar-refractivity contribution in [2.75, 3.05) is 39.8 Å². The van der Waals surface area contributed by atoms with Crippen LogP contribution in [0.1, 0.15) is 24.8 Å². The molecular formula is C25H30N2O4. The Labute approximate surface area is 184 Å². The number of hydrogen-bond donors (Lipinski definition) is 0. The molecule has 1 fully saturated rings. The minimum Gasteiger partial charge on any atom is -0.493 e. The minimum absolute atomic E-state index is 0.0322. The van der Waals surface area contributed by atoms with E-state index in [2.05, 4.69) is 30.2 Å². The maximum atomic E-state index is 12.7. The first-order valence-corrected chi connectivity index (χ1v) is 10.6. The minimum atomic E-state index is -0.364. The van der Waals surface area contributed by atoms with E-state index in [4.69, 9.17) is 14.2 Å². The number of hydrogen-bond acceptors (Lipinski definition) is 5. The topological polar surface area (TPSA) is 51.2 Å². The molecule has 0 spiro atoms. The lowest BCUT2D eigenvalue weighted by Crippen LogP contribution is -2.44. The van der Waals surface area contributed by atoms with Crippen molar-refractivity contribution in [3.8, 4) is 11.5 Å². The molecule has 2 aromatic rings. The van der Waals surface area contributed by atoms with Crippen LogP contribution < -0.4 is 14.4 Å². The van der Waals surface area contributed by atoms with Gasteiger partial charge in [0.05, 0.1) is 14.2 Å². The number of nitrogens with zero attached hydrogens (tertiary/aromatic N) is 2. The van der Waals surface area contributed by atoms with Crippen LogP contribution in [0.15, 0.2) is 60.4 Å². The number of benzene rings is 2. The van der Waals surface area contributed by atoms with Gasteiger partial charge in [0.1, 0.15) is 5.76 Å². The van der Waals surface area contributed by atoms with Crippen molar-refractivity contribution in [2.45, 2.75) is 30.7 Å². The first-order valence-electron chi connectivity index (χ1n) is 10.6. The van der Waals surface area contributed by atoms with Crippen LogP contribution in [0, 0.1) is 0 Å². The van der Waals surface area contributed by atoms with E-state index in [0.717, 1.165) is 42.3 Å². The summed E-state index contributed by atoms with van der Waals surface area (Å²) in [6.07, 6.45) is 4.28. The summed E-state index contributed by atoms with van der Waals surface area (Å²) in [6.45, 7) is 0.998. The Hall–Kier alpha value is -2.99. The molecule has 0 saturated carbocycles. The largest absolute Gasteiger partial charge is 0.493 e. The van der Waals surface area contributed by atoms with Gasteiger partial charge < -0.3 is 19.1 Å². The molecule has 0 bridgehead atoms. The Bertz CT molecular complexity index is 975. The third-order valence-corrected chi connectivity index (χ3v) is 6.76. The quantitative estimate of drug-likeness (QED) is 0.705. The fourth-order valence-corrected chi connectivity index (χ4v) is 4.90. The number of allylic oxidation sites excluding steroid dienone is 1. The summed E-state index contributed by atoms with van der Waals surface area (Å²) in [4.78, 5) is 16.6. The highest BCUT2D eigenvalue weighted by Crippen LogP contribution is 2.49. The van der Waals surface area contributed by atoms with Crippen LogP contribution in [0.25, 0.3) is 0 Å². The molecule has 0 N–H and O–H groups in total. The average Bonchev–Trinajstić information content (AvgIpc) is 3.15. The van der Waals surface area contributed by atoms with E-state index in [-0.39, 0.29) is 17.6 Å². The zero-order valence-corrected chi connectivity index (χ0v) is 18.6. The van der Waals surface area contributed by atoms with Crippen molar-refractivity contribution >= 4 is 11.8 Å². The summed E-state index contributed by atoms with van der Waals surface area (Å²) in [5.41, 5.74) is 2.01. The molecule has 2 unspecified atom stereocenters. The molecule has 1 aliphatic heterocycles. The molecular weight excluding hydrogens is 392 g/mol. The van der Waals surface area contributed by atoms with Crippen LogP contribution in [0.2, 0.25) is 0 Å². The Morgan fingerprint density at radius 3 is 2.55 bits per heavy atom. The monoisotopic (exact) mass is 422 g/mol. The van der Waals surface area contributed by atoms with Crippen molar-refractivity contribution in [2.24, 2.45) is 0 Å². The molecule has 6 nitrogen and oxygen atoms in total. The summed E-state index contributed by atoms with van der Waals surface area (Å²) in [5, 5.41) is 0. The van der Waals surface area contributed by atoms with Crippen molar-refractivity contribution in [3.63, 3.8) is 0 Å². The Balaban J connectivity index is 1.57. The second-order valence-electron chi connectivity index (χ2n) is 8.31. The lowest BCUT2D eigenvalue weighted by Gasteiger charge is -2.41. The van der Waals surface area contributed by atoms with Gasteiger partial charge in [0.2, 0.25) is 0 Å². The van der Waals surface area contributed by atoms with Gasteiger partial charge in [-0.25, -0.2) is 4.79 Å². The number of fused-ring (bicyclic) bond motifs is 1. The molecule has 4 rings (SSSR count). The molecule has 2 aliphatic rings. The Morgan fingerprint density at radius 2 is 1.84 bits per heavy atom. The maximum absolute atomic E-state index is 12.7. The third-order valence-electron chi connectivity index (χ3n) is 6.76. The number of carbonyl (C=O) groups is 1. The van der Waals surface area contributed by atoms with Crippen molar-refractivity contribution in [1.82, 2.24) is 4.90 Å². The predicted octanol–water partition coefficient (Wildman–Crippen LogP) is 4.60. The molecule has 1 aliphatic carbocycles. The number of likely N-dealkylation sites (tertiary alicyclic amines) is 1. The van der Waals surface area contributed by atoms with Gasteiger partial charge in [-0.1, -0.05) is 24.3 Å².